The SMILES string of the molecule is [Ag].[Cu].[I][Hg]. The Hall–Kier alpha value is 2.92. The Morgan fingerprint density at radius 1 is 1.25 bits per heavy atom. The van der Waals surface area contributed by atoms with Crippen LogP contribution in [0.25, 0.3) is 0 Å². The summed E-state index contributed by atoms with van der Waals surface area (Å²) < 4.78 is 0. The second-order valence-corrected chi connectivity index (χ2v) is 0. The molecule has 31 valence electrons. The minimum absolute atomic E-state index is 0. The van der Waals surface area contributed by atoms with Crippen LogP contribution in [-0.4, -0.2) is 0 Å². The minimum atomic E-state index is 0. The van der Waals surface area contributed by atoms with Gasteiger partial charge in [0.15, 0.2) is 0 Å². The van der Waals surface area contributed by atoms with Gasteiger partial charge in [-0.3, -0.25) is 0 Å². The Labute approximate surface area is 77.2 Å². The molecule has 0 atom stereocenters. The van der Waals surface area contributed by atoms with E-state index in [9.17, 15) is 0 Å². The summed E-state index contributed by atoms with van der Waals surface area (Å²) in [4.78, 5) is 0. The van der Waals surface area contributed by atoms with Crippen LogP contribution in [0.1, 0.15) is 0 Å². The molecule has 4 heavy (non-hydrogen) atoms. The zero-order chi connectivity index (χ0) is 2.00. The average Bonchev–Trinajstić information content (AvgIpc) is 1.00. The molecule has 0 aromatic carbocycles. The van der Waals surface area contributed by atoms with Gasteiger partial charge in [0.1, 0.15) is 0 Å². The molecule has 0 bridgehead atoms. The Balaban J connectivity index is -0.00000000500. The van der Waals surface area contributed by atoms with E-state index in [1.54, 1.807) is 0 Å². The van der Waals surface area contributed by atoms with Gasteiger partial charge < -0.3 is 0 Å². The van der Waals surface area contributed by atoms with Crippen LogP contribution in [0.5, 0.6) is 0 Å². The van der Waals surface area contributed by atoms with Crippen molar-refractivity contribution in [2.75, 3.05) is 0 Å². The Morgan fingerprint density at radius 3 is 1.25 bits per heavy atom. The molecule has 0 fully saturated rings. The van der Waals surface area contributed by atoms with Gasteiger partial charge in [-0.1, -0.05) is 0 Å². The van der Waals surface area contributed by atoms with E-state index in [0.717, 1.165) is 21.8 Å². The van der Waals surface area contributed by atoms with Crippen molar-refractivity contribution in [3.63, 3.8) is 0 Å². The van der Waals surface area contributed by atoms with Crippen molar-refractivity contribution < 1.29 is 61.2 Å². The predicted octanol–water partition coefficient (Wildman–Crippen LogP) is 0.878. The average molecular weight is 499 g/mol. The summed E-state index contributed by atoms with van der Waals surface area (Å²) in [5, 5.41) is 0. The van der Waals surface area contributed by atoms with Crippen molar-refractivity contribution in [2.24, 2.45) is 0 Å². The van der Waals surface area contributed by atoms with Crippen LogP contribution in [0.3, 0.4) is 0 Å². The number of halogens is 1. The summed E-state index contributed by atoms with van der Waals surface area (Å²) in [6, 6.07) is 0. The molecule has 0 aliphatic heterocycles. The number of hydrogen-bond donors (Lipinski definition) is 0. The molecule has 0 saturated heterocycles. The molecular formula is AgCuHgI. The molecular weight excluding hydrogens is 499 g/mol. The third kappa shape index (κ3) is 8.87. The third-order valence-electron chi connectivity index (χ3n) is 0. The first kappa shape index (κ1) is 15.8. The molecule has 0 aromatic heterocycles. The summed E-state index contributed by atoms with van der Waals surface area (Å²) in [5.74, 6) is 0. The van der Waals surface area contributed by atoms with E-state index in [2.05, 4.69) is 17.7 Å². The van der Waals surface area contributed by atoms with Crippen molar-refractivity contribution in [3.8, 4) is 0 Å². The van der Waals surface area contributed by atoms with Crippen LogP contribution < -0.4 is 0 Å². The summed E-state index contributed by atoms with van der Waals surface area (Å²) in [7, 11) is 0. The van der Waals surface area contributed by atoms with Gasteiger partial charge >= 0.3 is 39.5 Å². The molecule has 2 radical (unpaired) electrons. The van der Waals surface area contributed by atoms with Gasteiger partial charge in [0.05, 0.1) is 0 Å². The van der Waals surface area contributed by atoms with Gasteiger partial charge in [-0.15, -0.1) is 0 Å². The van der Waals surface area contributed by atoms with E-state index in [-0.39, 0.29) is 39.4 Å². The van der Waals surface area contributed by atoms with Gasteiger partial charge in [-0.05, 0) is 0 Å². The van der Waals surface area contributed by atoms with Gasteiger partial charge in [0.2, 0.25) is 0 Å². The monoisotopic (exact) mass is 499 g/mol. The Kier molecular flexibility index (Phi) is 66.3. The van der Waals surface area contributed by atoms with E-state index in [1.165, 1.54) is 0 Å². The fourth-order valence-corrected chi connectivity index (χ4v) is 0. The van der Waals surface area contributed by atoms with Crippen molar-refractivity contribution in [1.82, 2.24) is 0 Å². The first-order valence-corrected chi connectivity index (χ1v) is 15.7. The van der Waals surface area contributed by atoms with Crippen LogP contribution in [0, 0.1) is 0 Å². The molecule has 0 heterocycles. The zero-order valence-corrected chi connectivity index (χ0v) is 11.8. The first-order chi connectivity index (χ1) is 1.00. The van der Waals surface area contributed by atoms with Crippen LogP contribution in [-0.2, 0) is 61.2 Å². The van der Waals surface area contributed by atoms with E-state index in [0.29, 0.717) is 0 Å². The van der Waals surface area contributed by atoms with Crippen LogP contribution in [0.4, 0.5) is 0 Å². The summed E-state index contributed by atoms with van der Waals surface area (Å²) in [6.45, 7) is 0. The zero-order valence-electron chi connectivity index (χ0n) is 1.69. The van der Waals surface area contributed by atoms with Crippen LogP contribution in [0.15, 0.2) is 0 Å². The predicted molar refractivity (Wildman–Crippen MR) is 14.0 cm³/mol. The molecule has 0 aliphatic rings. The van der Waals surface area contributed by atoms with Crippen LogP contribution in [0.2, 0.25) is 0 Å². The second-order valence-electron chi connectivity index (χ2n) is 0. The topological polar surface area (TPSA) is 0 Å². The maximum atomic E-state index is 2.34. The molecule has 0 aromatic rings. The van der Waals surface area contributed by atoms with Gasteiger partial charge in [-0.25, -0.2) is 0 Å². The molecule has 4 heteroatoms. The first-order valence-electron chi connectivity index (χ1n) is 0.267. The molecule has 0 saturated carbocycles. The van der Waals surface area contributed by atoms with E-state index < -0.39 is 0 Å². The standard InChI is InChI=1S/Ag.Cu.Hg.HI/h;;;1H/q;;+1;/p-1. The second kappa shape index (κ2) is 16.8. The fourth-order valence-electron chi connectivity index (χ4n) is 0. The van der Waals surface area contributed by atoms with E-state index >= 15 is 0 Å². The normalized spacial score (nSPS) is 1.75. The molecule has 0 spiro atoms. The van der Waals surface area contributed by atoms with E-state index in [1.807, 2.05) is 0 Å². The number of rotatable bonds is 0. The molecule has 0 nitrogen and oxygen atoms in total. The fraction of sp³-hybridized carbons (Fsp3) is 0. The number of hydrogen-bond acceptors (Lipinski definition) is 0. The van der Waals surface area contributed by atoms with Crippen LogP contribution >= 0.6 is 17.7 Å². The quantitative estimate of drug-likeness (QED) is 0.344. The molecule has 0 aliphatic carbocycles. The molecule has 0 N–H and O–H groups in total. The van der Waals surface area contributed by atoms with Gasteiger partial charge in [0.25, 0.3) is 0 Å². The Bertz CT molecular complexity index is 8.00. The summed E-state index contributed by atoms with van der Waals surface area (Å²) in [5.41, 5.74) is 0. The van der Waals surface area contributed by atoms with Crippen molar-refractivity contribution in [2.45, 2.75) is 0 Å². The third-order valence-corrected chi connectivity index (χ3v) is 0. The van der Waals surface area contributed by atoms with Gasteiger partial charge in [0, 0.05) is 39.4 Å². The summed E-state index contributed by atoms with van der Waals surface area (Å²) in [6.07, 6.45) is 0. The van der Waals surface area contributed by atoms with Gasteiger partial charge in [-0.2, -0.15) is 0 Å². The molecule has 0 amide bonds. The van der Waals surface area contributed by atoms with E-state index in [4.69, 9.17) is 0 Å². The maximum absolute atomic E-state index is 2.34. The Morgan fingerprint density at radius 2 is 1.25 bits per heavy atom. The van der Waals surface area contributed by atoms with Crippen molar-refractivity contribution in [3.05, 3.63) is 0 Å². The summed E-state index contributed by atoms with van der Waals surface area (Å²) >= 11 is 3.34. The van der Waals surface area contributed by atoms with Crippen molar-refractivity contribution in [1.29, 1.82) is 0 Å². The molecule has 0 unspecified atom stereocenters. The molecule has 0 rings (SSSR count). The van der Waals surface area contributed by atoms with Crippen molar-refractivity contribution >= 4 is 17.7 Å².